The Morgan fingerprint density at radius 3 is 2.46 bits per heavy atom. The summed E-state index contributed by atoms with van der Waals surface area (Å²) in [7, 11) is 0. The molecule has 0 unspecified atom stereocenters. The first-order valence-corrected chi connectivity index (χ1v) is 12.7. The molecule has 7 heteroatoms. The van der Waals surface area contributed by atoms with Crippen molar-refractivity contribution >= 4 is 21.9 Å². The molecule has 1 aliphatic rings. The highest BCUT2D eigenvalue weighted by Gasteiger charge is 2.31. The van der Waals surface area contributed by atoms with Gasteiger partial charge in [0.2, 0.25) is 0 Å². The second kappa shape index (κ2) is 9.08. The van der Waals surface area contributed by atoms with Gasteiger partial charge in [-0.15, -0.1) is 0 Å². The van der Waals surface area contributed by atoms with E-state index >= 15 is 0 Å². The molecule has 2 aromatic carbocycles. The Kier molecular flexibility index (Phi) is 5.85. The van der Waals surface area contributed by atoms with Crippen molar-refractivity contribution in [3.8, 4) is 11.1 Å². The van der Waals surface area contributed by atoms with Crippen LogP contribution in [0.3, 0.4) is 0 Å². The molecule has 0 spiro atoms. The van der Waals surface area contributed by atoms with Gasteiger partial charge in [-0.1, -0.05) is 29.4 Å². The molecule has 1 saturated heterocycles. The number of aryl methyl sites for hydroxylation is 1. The maximum atomic E-state index is 14.0. The van der Waals surface area contributed by atoms with E-state index in [-0.39, 0.29) is 17.8 Å². The Balaban J connectivity index is 1.68. The molecule has 1 aliphatic heterocycles. The fourth-order valence-corrected chi connectivity index (χ4v) is 5.63. The fourth-order valence-electron chi connectivity index (χ4n) is 5.63. The lowest BCUT2D eigenvalue weighted by atomic mass is 9.86. The van der Waals surface area contributed by atoms with Crippen LogP contribution in [0.25, 0.3) is 33.1 Å². The second-order valence-electron chi connectivity index (χ2n) is 10.5. The minimum Gasteiger partial charge on any atom is -0.386 e. The summed E-state index contributed by atoms with van der Waals surface area (Å²) in [6, 6.07) is 15.0. The number of hydrogen-bond acceptors (Lipinski definition) is 5. The van der Waals surface area contributed by atoms with Gasteiger partial charge >= 0.3 is 0 Å². The number of nitrogens with zero attached hydrogens (tertiary/aromatic N) is 3. The number of rotatable bonds is 5. The summed E-state index contributed by atoms with van der Waals surface area (Å²) < 4.78 is 27.4. The summed E-state index contributed by atoms with van der Waals surface area (Å²) >= 11 is 0. The van der Waals surface area contributed by atoms with Gasteiger partial charge in [-0.25, -0.2) is 4.39 Å². The number of aliphatic hydroxyl groups is 1. The van der Waals surface area contributed by atoms with Gasteiger partial charge in [-0.2, -0.15) is 0 Å². The van der Waals surface area contributed by atoms with Gasteiger partial charge in [0.1, 0.15) is 11.6 Å². The lowest BCUT2D eigenvalue weighted by Gasteiger charge is -2.33. The molecule has 0 bridgehead atoms. The molecule has 6 nitrogen and oxygen atoms in total. The molecule has 1 atom stereocenters. The van der Waals surface area contributed by atoms with Crippen LogP contribution >= 0.6 is 0 Å². The summed E-state index contributed by atoms with van der Waals surface area (Å²) in [5, 5.41) is 15.8. The fraction of sp³-hybridized carbons (Fsp3) is 0.333. The molecule has 0 saturated carbocycles. The van der Waals surface area contributed by atoms with Gasteiger partial charge < -0.3 is 18.9 Å². The summed E-state index contributed by atoms with van der Waals surface area (Å²) in [5.74, 6) is 0.755. The molecule has 1 N–H and O–H groups in total. The first kappa shape index (κ1) is 23.8. The van der Waals surface area contributed by atoms with Gasteiger partial charge in [0, 0.05) is 35.9 Å². The van der Waals surface area contributed by atoms with Crippen molar-refractivity contribution in [1.29, 1.82) is 0 Å². The number of halogens is 1. The van der Waals surface area contributed by atoms with Crippen molar-refractivity contribution in [3.05, 3.63) is 83.6 Å². The summed E-state index contributed by atoms with van der Waals surface area (Å²) in [6.07, 6.45) is 5.36. The van der Waals surface area contributed by atoms with Crippen LogP contribution < -0.4 is 0 Å². The van der Waals surface area contributed by atoms with Crippen molar-refractivity contribution in [1.82, 2.24) is 14.7 Å². The summed E-state index contributed by atoms with van der Waals surface area (Å²) in [6.45, 7) is 6.86. The predicted molar refractivity (Wildman–Crippen MR) is 141 cm³/mol. The van der Waals surface area contributed by atoms with Crippen LogP contribution in [-0.4, -0.2) is 33.0 Å². The molecular weight excluding hydrogens is 469 g/mol. The zero-order valence-electron chi connectivity index (χ0n) is 21.2. The van der Waals surface area contributed by atoms with Crippen molar-refractivity contribution in [3.63, 3.8) is 0 Å². The number of benzene rings is 2. The Labute approximate surface area is 214 Å². The Morgan fingerprint density at radius 2 is 1.78 bits per heavy atom. The van der Waals surface area contributed by atoms with Crippen molar-refractivity contribution in [2.45, 2.75) is 45.3 Å². The Morgan fingerprint density at radius 1 is 1.03 bits per heavy atom. The van der Waals surface area contributed by atoms with E-state index in [1.54, 1.807) is 20.0 Å². The van der Waals surface area contributed by atoms with Crippen molar-refractivity contribution in [2.24, 2.45) is 5.92 Å². The number of ether oxygens (including phenoxy) is 1. The monoisotopic (exact) mass is 499 g/mol. The minimum absolute atomic E-state index is 0.0674. The first-order valence-electron chi connectivity index (χ1n) is 12.7. The van der Waals surface area contributed by atoms with Crippen LogP contribution in [0.4, 0.5) is 4.39 Å². The van der Waals surface area contributed by atoms with Gasteiger partial charge in [0.25, 0.3) is 0 Å². The van der Waals surface area contributed by atoms with Crippen molar-refractivity contribution < 1.29 is 18.8 Å². The van der Waals surface area contributed by atoms with Crippen LogP contribution in [0.5, 0.6) is 0 Å². The van der Waals surface area contributed by atoms with Crippen LogP contribution in [0.1, 0.15) is 49.6 Å². The topological polar surface area (TPSA) is 73.3 Å². The van der Waals surface area contributed by atoms with E-state index in [1.165, 1.54) is 12.1 Å². The largest absolute Gasteiger partial charge is 0.386 e. The number of pyridine rings is 1. The molecule has 37 heavy (non-hydrogen) atoms. The molecule has 5 aromatic rings. The highest BCUT2D eigenvalue weighted by Crippen LogP contribution is 2.42. The van der Waals surface area contributed by atoms with E-state index in [9.17, 15) is 9.50 Å². The van der Waals surface area contributed by atoms with E-state index in [4.69, 9.17) is 14.2 Å². The smallest absolute Gasteiger partial charge is 0.141 e. The zero-order chi connectivity index (χ0) is 25.7. The molecule has 4 heterocycles. The van der Waals surface area contributed by atoms with E-state index < -0.39 is 5.60 Å². The van der Waals surface area contributed by atoms with E-state index in [2.05, 4.69) is 21.9 Å². The quantitative estimate of drug-likeness (QED) is 0.297. The summed E-state index contributed by atoms with van der Waals surface area (Å²) in [5.41, 5.74) is 5.52. The SMILES string of the molecule is Cc1oncc1-c1cnc2c3ccc(C(C)(C)O)cc3n([C@H](c3ccc(F)cc3)C3CCOCC3)c2c1. The van der Waals surface area contributed by atoms with Gasteiger partial charge in [-0.3, -0.25) is 4.98 Å². The average molecular weight is 500 g/mol. The zero-order valence-corrected chi connectivity index (χ0v) is 21.2. The highest BCUT2D eigenvalue weighted by atomic mass is 19.1. The Bertz CT molecular complexity index is 1570. The molecule has 0 aliphatic carbocycles. The van der Waals surface area contributed by atoms with Crippen LogP contribution in [-0.2, 0) is 10.3 Å². The molecule has 190 valence electrons. The van der Waals surface area contributed by atoms with Gasteiger partial charge in [0.05, 0.1) is 34.4 Å². The third-order valence-corrected chi connectivity index (χ3v) is 7.61. The minimum atomic E-state index is -1.00. The highest BCUT2D eigenvalue weighted by molar-refractivity contribution is 6.07. The van der Waals surface area contributed by atoms with Gasteiger partial charge in [-0.05, 0) is 74.9 Å². The average Bonchev–Trinajstić information content (AvgIpc) is 3.46. The Hall–Kier alpha value is -3.55. The first-order chi connectivity index (χ1) is 17.8. The standard InChI is InChI=1S/C30H30FN3O3/c1-18-25(17-33-37-18)21-14-27-28(32-16-21)24-9-6-22(30(2,3)35)15-26(24)34(27)29(20-10-12-36-13-11-20)19-4-7-23(31)8-5-19/h4-9,14-17,20,29,35H,10-13H2,1-3H3/t29-/m1/s1. The summed E-state index contributed by atoms with van der Waals surface area (Å²) in [4.78, 5) is 4.92. The molecular formula is C30H30FN3O3. The van der Waals surface area contributed by atoms with Gasteiger partial charge in [0.15, 0.2) is 0 Å². The van der Waals surface area contributed by atoms with E-state index in [0.717, 1.165) is 62.8 Å². The van der Waals surface area contributed by atoms with E-state index in [1.807, 2.05) is 37.4 Å². The molecule has 3 aromatic heterocycles. The van der Waals surface area contributed by atoms with Crippen LogP contribution in [0, 0.1) is 18.7 Å². The second-order valence-corrected chi connectivity index (χ2v) is 10.5. The molecule has 6 rings (SSSR count). The van der Waals surface area contributed by atoms with Crippen LogP contribution in [0.2, 0.25) is 0 Å². The third-order valence-electron chi connectivity index (χ3n) is 7.61. The normalized spacial score (nSPS) is 16.0. The molecule has 0 amide bonds. The maximum absolute atomic E-state index is 14.0. The number of hydrogen-bond donors (Lipinski definition) is 1. The van der Waals surface area contributed by atoms with E-state index in [0.29, 0.717) is 13.2 Å². The lowest BCUT2D eigenvalue weighted by molar-refractivity contribution is 0.0552. The molecule has 1 fully saturated rings. The van der Waals surface area contributed by atoms with Crippen molar-refractivity contribution in [2.75, 3.05) is 13.2 Å². The number of aromatic nitrogens is 3. The number of fused-ring (bicyclic) bond motifs is 3. The maximum Gasteiger partial charge on any atom is 0.141 e. The third kappa shape index (κ3) is 4.22. The molecule has 0 radical (unpaired) electrons. The predicted octanol–water partition coefficient (Wildman–Crippen LogP) is 6.54. The lowest BCUT2D eigenvalue weighted by Crippen LogP contribution is -2.27. The van der Waals surface area contributed by atoms with Crippen LogP contribution in [0.15, 0.2) is 65.4 Å².